The summed E-state index contributed by atoms with van der Waals surface area (Å²) in [6.45, 7) is 7.79. The van der Waals surface area contributed by atoms with Crippen molar-refractivity contribution in [3.63, 3.8) is 0 Å². The Hall–Kier alpha value is -0.830. The molecule has 0 radical (unpaired) electrons. The molecule has 0 spiro atoms. The number of amidine groups is 1. The van der Waals surface area contributed by atoms with Crippen LogP contribution in [0.4, 0.5) is 0 Å². The number of hydrogen-bond donors (Lipinski definition) is 1. The standard InChI is InChI=1S/C23H45N3/c1-3-4-5-6-7-8-9-10-11-12-13-14-15-16-17-18-19-23-25-20-21-26(23)22(2)24/h3,22H,1,4-21,24H2,2H3. The minimum atomic E-state index is 0.119. The molecule has 1 aliphatic heterocycles. The van der Waals surface area contributed by atoms with Crippen LogP contribution in [0.25, 0.3) is 0 Å². The van der Waals surface area contributed by atoms with Crippen molar-refractivity contribution in [2.45, 2.75) is 116 Å². The SMILES string of the molecule is C=CCCCCCCCCCCCCCCCCC1=NCCN1C(C)N. The highest BCUT2D eigenvalue weighted by atomic mass is 15.3. The molecule has 26 heavy (non-hydrogen) atoms. The van der Waals surface area contributed by atoms with E-state index in [0.717, 1.165) is 19.5 Å². The molecule has 0 aromatic rings. The molecule has 1 aliphatic rings. The fourth-order valence-electron chi connectivity index (χ4n) is 3.86. The smallest absolute Gasteiger partial charge is 0.100 e. The maximum Gasteiger partial charge on any atom is 0.100 e. The van der Waals surface area contributed by atoms with Gasteiger partial charge in [-0.3, -0.25) is 4.99 Å². The molecule has 1 rings (SSSR count). The van der Waals surface area contributed by atoms with E-state index >= 15 is 0 Å². The van der Waals surface area contributed by atoms with Gasteiger partial charge in [-0.15, -0.1) is 6.58 Å². The van der Waals surface area contributed by atoms with Crippen molar-refractivity contribution < 1.29 is 0 Å². The average molecular weight is 364 g/mol. The maximum atomic E-state index is 5.99. The van der Waals surface area contributed by atoms with Crippen molar-refractivity contribution in [2.75, 3.05) is 13.1 Å². The van der Waals surface area contributed by atoms with Crippen LogP contribution in [0.3, 0.4) is 0 Å². The number of rotatable bonds is 18. The molecule has 1 unspecified atom stereocenters. The lowest BCUT2D eigenvalue weighted by atomic mass is 10.0. The summed E-state index contributed by atoms with van der Waals surface area (Å²) >= 11 is 0. The molecule has 3 heteroatoms. The van der Waals surface area contributed by atoms with E-state index in [2.05, 4.69) is 23.4 Å². The summed E-state index contributed by atoms with van der Waals surface area (Å²) in [5.74, 6) is 1.25. The van der Waals surface area contributed by atoms with Crippen LogP contribution in [0.2, 0.25) is 0 Å². The van der Waals surface area contributed by atoms with Crippen molar-refractivity contribution in [3.05, 3.63) is 12.7 Å². The summed E-state index contributed by atoms with van der Waals surface area (Å²) in [6.07, 6.45) is 24.1. The molecular weight excluding hydrogens is 318 g/mol. The van der Waals surface area contributed by atoms with Crippen molar-refractivity contribution in [3.8, 4) is 0 Å². The molecule has 2 N–H and O–H groups in total. The number of hydrogen-bond acceptors (Lipinski definition) is 3. The molecule has 0 amide bonds. The normalized spacial score (nSPS) is 15.3. The third-order valence-corrected chi connectivity index (χ3v) is 5.52. The molecule has 0 fully saturated rings. The second-order valence-electron chi connectivity index (χ2n) is 8.01. The maximum absolute atomic E-state index is 5.99. The molecule has 0 aromatic heterocycles. The van der Waals surface area contributed by atoms with Crippen LogP contribution >= 0.6 is 0 Å². The van der Waals surface area contributed by atoms with Crippen molar-refractivity contribution in [1.29, 1.82) is 0 Å². The molecule has 1 atom stereocenters. The zero-order valence-electron chi connectivity index (χ0n) is 17.6. The van der Waals surface area contributed by atoms with Gasteiger partial charge in [0.25, 0.3) is 0 Å². The van der Waals surface area contributed by atoms with Crippen LogP contribution in [-0.4, -0.2) is 30.0 Å². The van der Waals surface area contributed by atoms with Crippen LogP contribution < -0.4 is 5.73 Å². The van der Waals surface area contributed by atoms with Crippen molar-refractivity contribution >= 4 is 5.84 Å². The summed E-state index contributed by atoms with van der Waals surface area (Å²) < 4.78 is 0. The average Bonchev–Trinajstić information content (AvgIpc) is 3.10. The Morgan fingerprint density at radius 2 is 1.35 bits per heavy atom. The van der Waals surface area contributed by atoms with Gasteiger partial charge in [0, 0.05) is 13.0 Å². The van der Waals surface area contributed by atoms with Crippen molar-refractivity contribution in [2.24, 2.45) is 10.7 Å². The summed E-state index contributed by atoms with van der Waals surface area (Å²) in [4.78, 5) is 6.87. The van der Waals surface area contributed by atoms with Gasteiger partial charge in [-0.1, -0.05) is 83.1 Å². The molecule has 0 saturated carbocycles. The largest absolute Gasteiger partial charge is 0.343 e. The van der Waals surface area contributed by atoms with E-state index in [1.807, 2.05) is 6.08 Å². The quantitative estimate of drug-likeness (QED) is 0.225. The molecule has 152 valence electrons. The summed E-state index contributed by atoms with van der Waals surface area (Å²) in [5, 5.41) is 0. The van der Waals surface area contributed by atoms with Gasteiger partial charge in [0.05, 0.1) is 12.7 Å². The van der Waals surface area contributed by atoms with Gasteiger partial charge >= 0.3 is 0 Å². The first-order valence-corrected chi connectivity index (χ1v) is 11.4. The van der Waals surface area contributed by atoms with E-state index in [-0.39, 0.29) is 6.17 Å². The Morgan fingerprint density at radius 3 is 1.81 bits per heavy atom. The fraction of sp³-hybridized carbons (Fsp3) is 0.870. The van der Waals surface area contributed by atoms with E-state index in [4.69, 9.17) is 5.73 Å². The first-order chi connectivity index (χ1) is 12.8. The zero-order valence-corrected chi connectivity index (χ0v) is 17.6. The number of aliphatic imine (C=N–C) groups is 1. The van der Waals surface area contributed by atoms with Crippen LogP contribution in [-0.2, 0) is 0 Å². The second kappa shape index (κ2) is 16.4. The minimum absolute atomic E-state index is 0.119. The molecule has 0 saturated heterocycles. The lowest BCUT2D eigenvalue weighted by molar-refractivity contribution is 0.358. The molecular formula is C23H45N3. The monoisotopic (exact) mass is 363 g/mol. The number of unbranched alkanes of at least 4 members (excludes halogenated alkanes) is 14. The highest BCUT2D eigenvalue weighted by molar-refractivity contribution is 5.83. The van der Waals surface area contributed by atoms with Gasteiger partial charge in [0.15, 0.2) is 0 Å². The van der Waals surface area contributed by atoms with Crippen LogP contribution in [0.5, 0.6) is 0 Å². The van der Waals surface area contributed by atoms with Gasteiger partial charge in [0.1, 0.15) is 5.84 Å². The van der Waals surface area contributed by atoms with Gasteiger partial charge < -0.3 is 10.6 Å². The van der Waals surface area contributed by atoms with Crippen LogP contribution in [0, 0.1) is 0 Å². The van der Waals surface area contributed by atoms with E-state index < -0.39 is 0 Å². The topological polar surface area (TPSA) is 41.6 Å². The summed E-state index contributed by atoms with van der Waals surface area (Å²) in [6, 6.07) is 0. The Labute approximate surface area is 163 Å². The summed E-state index contributed by atoms with van der Waals surface area (Å²) in [7, 11) is 0. The number of nitrogens with zero attached hydrogens (tertiary/aromatic N) is 2. The Kier molecular flexibility index (Phi) is 14.6. The Balaban J connectivity index is 1.77. The lowest BCUT2D eigenvalue weighted by Gasteiger charge is -2.24. The molecule has 0 aliphatic carbocycles. The van der Waals surface area contributed by atoms with E-state index in [1.165, 1.54) is 102 Å². The molecule has 1 heterocycles. The molecule has 0 aromatic carbocycles. The third-order valence-electron chi connectivity index (χ3n) is 5.52. The van der Waals surface area contributed by atoms with Gasteiger partial charge in [-0.05, 0) is 26.2 Å². The Bertz CT molecular complexity index is 362. The zero-order chi connectivity index (χ0) is 18.9. The van der Waals surface area contributed by atoms with E-state index in [0.29, 0.717) is 0 Å². The van der Waals surface area contributed by atoms with Gasteiger partial charge in [-0.2, -0.15) is 0 Å². The summed E-state index contributed by atoms with van der Waals surface area (Å²) in [5.41, 5.74) is 5.99. The van der Waals surface area contributed by atoms with Crippen molar-refractivity contribution in [1.82, 2.24) is 4.90 Å². The highest BCUT2D eigenvalue weighted by Crippen LogP contribution is 2.15. The van der Waals surface area contributed by atoms with E-state index in [1.54, 1.807) is 0 Å². The predicted molar refractivity (Wildman–Crippen MR) is 117 cm³/mol. The molecule has 0 bridgehead atoms. The second-order valence-corrected chi connectivity index (χ2v) is 8.01. The third kappa shape index (κ3) is 11.7. The van der Waals surface area contributed by atoms with Crippen LogP contribution in [0.1, 0.15) is 110 Å². The lowest BCUT2D eigenvalue weighted by Crippen LogP contribution is -2.41. The van der Waals surface area contributed by atoms with E-state index in [9.17, 15) is 0 Å². The highest BCUT2D eigenvalue weighted by Gasteiger charge is 2.18. The predicted octanol–water partition coefficient (Wildman–Crippen LogP) is 6.43. The molecule has 3 nitrogen and oxygen atoms in total. The first-order valence-electron chi connectivity index (χ1n) is 11.4. The number of nitrogens with two attached hydrogens (primary N) is 1. The van der Waals surface area contributed by atoms with Gasteiger partial charge in [0.2, 0.25) is 0 Å². The fourth-order valence-corrected chi connectivity index (χ4v) is 3.86. The number of allylic oxidation sites excluding steroid dienone is 1. The van der Waals surface area contributed by atoms with Crippen LogP contribution in [0.15, 0.2) is 17.6 Å². The first kappa shape index (κ1) is 23.2. The Morgan fingerprint density at radius 1 is 0.885 bits per heavy atom. The minimum Gasteiger partial charge on any atom is -0.343 e. The van der Waals surface area contributed by atoms with Gasteiger partial charge in [-0.25, -0.2) is 0 Å².